The molecule has 0 N–H and O–H groups in total. The highest BCUT2D eigenvalue weighted by Gasteiger charge is 2.16. The van der Waals surface area contributed by atoms with E-state index < -0.39 is 0 Å². The summed E-state index contributed by atoms with van der Waals surface area (Å²) in [4.78, 5) is 0. The minimum atomic E-state index is 0.0866. The second-order valence-electron chi connectivity index (χ2n) is 4.42. The van der Waals surface area contributed by atoms with Crippen LogP contribution >= 0.6 is 0 Å². The Morgan fingerprint density at radius 3 is 2.17 bits per heavy atom. The first-order chi connectivity index (χ1) is 8.93. The molecule has 0 aliphatic carbocycles. The second-order valence-corrected chi connectivity index (χ2v) is 4.42. The van der Waals surface area contributed by atoms with Crippen molar-refractivity contribution in [2.24, 2.45) is 0 Å². The minimum absolute atomic E-state index is 0.0866. The summed E-state index contributed by atoms with van der Waals surface area (Å²) in [5, 5.41) is 0. The normalized spacial score (nSPS) is 19.7. The largest absolute Gasteiger partial charge is 0.376 e. The smallest absolute Gasteiger partial charge is 0.106 e. The van der Waals surface area contributed by atoms with Gasteiger partial charge in [0.1, 0.15) is 6.10 Å². The van der Waals surface area contributed by atoms with E-state index in [1.807, 2.05) is 6.07 Å². The van der Waals surface area contributed by atoms with Crippen molar-refractivity contribution in [1.82, 2.24) is 0 Å². The van der Waals surface area contributed by atoms with Crippen molar-refractivity contribution in [2.45, 2.75) is 6.10 Å². The first kappa shape index (κ1) is 11.5. The fraction of sp³-hybridized carbons (Fsp3) is 0.250. The van der Waals surface area contributed by atoms with E-state index >= 15 is 0 Å². The van der Waals surface area contributed by atoms with Crippen LogP contribution in [0.4, 0.5) is 0 Å². The van der Waals surface area contributed by atoms with Gasteiger partial charge in [0.2, 0.25) is 0 Å². The Morgan fingerprint density at radius 1 is 0.778 bits per heavy atom. The number of hydrogen-bond donors (Lipinski definition) is 0. The van der Waals surface area contributed by atoms with Gasteiger partial charge in [0, 0.05) is 0 Å². The molecule has 92 valence electrons. The molecule has 1 fully saturated rings. The minimum Gasteiger partial charge on any atom is -0.376 e. The van der Waals surface area contributed by atoms with E-state index in [1.165, 1.54) is 16.7 Å². The molecule has 0 bridgehead atoms. The lowest BCUT2D eigenvalue weighted by molar-refractivity contribution is -0.0901. The van der Waals surface area contributed by atoms with E-state index in [0.29, 0.717) is 19.8 Å². The van der Waals surface area contributed by atoms with E-state index in [1.54, 1.807) is 0 Å². The Hall–Kier alpha value is -1.64. The van der Waals surface area contributed by atoms with Crippen molar-refractivity contribution in [3.05, 3.63) is 60.2 Å². The number of ether oxygens (including phenoxy) is 2. The Labute approximate surface area is 107 Å². The predicted molar refractivity (Wildman–Crippen MR) is 71.4 cm³/mol. The standard InChI is InChI=1S/C16H16O2/c1-2-4-13(5-3-1)14-6-8-15(9-7-14)16-12-17-10-11-18-16/h1-9,16H,10-12H2. The predicted octanol–water partition coefficient (Wildman–Crippen LogP) is 3.44. The molecule has 2 aromatic carbocycles. The third-order valence-corrected chi connectivity index (χ3v) is 3.21. The SMILES string of the molecule is c1ccc(-c2ccc(C3COCCO3)cc2)cc1. The topological polar surface area (TPSA) is 18.5 Å². The molecule has 0 aromatic heterocycles. The third kappa shape index (κ3) is 2.45. The Kier molecular flexibility index (Phi) is 3.40. The van der Waals surface area contributed by atoms with Crippen LogP contribution < -0.4 is 0 Å². The highest BCUT2D eigenvalue weighted by Crippen LogP contribution is 2.24. The highest BCUT2D eigenvalue weighted by molar-refractivity contribution is 5.63. The van der Waals surface area contributed by atoms with Crippen molar-refractivity contribution >= 4 is 0 Å². The summed E-state index contributed by atoms with van der Waals surface area (Å²) < 4.78 is 11.1. The fourth-order valence-electron chi connectivity index (χ4n) is 2.20. The van der Waals surface area contributed by atoms with Gasteiger partial charge in [-0.15, -0.1) is 0 Å². The molecule has 0 saturated carbocycles. The third-order valence-electron chi connectivity index (χ3n) is 3.21. The van der Waals surface area contributed by atoms with Gasteiger partial charge < -0.3 is 9.47 Å². The van der Waals surface area contributed by atoms with Crippen LogP contribution in [0.2, 0.25) is 0 Å². The van der Waals surface area contributed by atoms with Crippen molar-refractivity contribution in [2.75, 3.05) is 19.8 Å². The molecule has 0 spiro atoms. The molecule has 1 saturated heterocycles. The lowest BCUT2D eigenvalue weighted by Gasteiger charge is -2.23. The van der Waals surface area contributed by atoms with E-state index in [-0.39, 0.29) is 6.10 Å². The van der Waals surface area contributed by atoms with Crippen LogP contribution in [0.25, 0.3) is 11.1 Å². The van der Waals surface area contributed by atoms with Crippen molar-refractivity contribution in [1.29, 1.82) is 0 Å². The van der Waals surface area contributed by atoms with E-state index in [2.05, 4.69) is 48.5 Å². The lowest BCUT2D eigenvalue weighted by Crippen LogP contribution is -2.21. The van der Waals surface area contributed by atoms with Crippen molar-refractivity contribution in [3.63, 3.8) is 0 Å². The monoisotopic (exact) mass is 240 g/mol. The molecule has 1 aliphatic rings. The van der Waals surface area contributed by atoms with Crippen LogP contribution in [0.5, 0.6) is 0 Å². The van der Waals surface area contributed by atoms with Crippen LogP contribution in [0.3, 0.4) is 0 Å². The molecule has 0 amide bonds. The highest BCUT2D eigenvalue weighted by atomic mass is 16.6. The van der Waals surface area contributed by atoms with Crippen LogP contribution in [0, 0.1) is 0 Å². The van der Waals surface area contributed by atoms with E-state index in [0.717, 1.165) is 0 Å². The number of benzene rings is 2. The Morgan fingerprint density at radius 2 is 1.50 bits per heavy atom. The molecule has 1 atom stereocenters. The lowest BCUT2D eigenvalue weighted by atomic mass is 10.0. The van der Waals surface area contributed by atoms with Crippen LogP contribution in [0.1, 0.15) is 11.7 Å². The molecule has 3 rings (SSSR count). The van der Waals surface area contributed by atoms with Gasteiger partial charge in [-0.2, -0.15) is 0 Å². The first-order valence-electron chi connectivity index (χ1n) is 6.28. The van der Waals surface area contributed by atoms with Gasteiger partial charge in [0.15, 0.2) is 0 Å². The number of rotatable bonds is 2. The molecular formula is C16H16O2. The quantitative estimate of drug-likeness (QED) is 0.800. The second kappa shape index (κ2) is 5.34. The fourth-order valence-corrected chi connectivity index (χ4v) is 2.20. The molecule has 18 heavy (non-hydrogen) atoms. The van der Waals surface area contributed by atoms with Crippen LogP contribution in [-0.4, -0.2) is 19.8 Å². The molecule has 1 aliphatic heterocycles. The van der Waals surface area contributed by atoms with Gasteiger partial charge in [0.05, 0.1) is 19.8 Å². The van der Waals surface area contributed by atoms with Crippen molar-refractivity contribution < 1.29 is 9.47 Å². The van der Waals surface area contributed by atoms with E-state index in [4.69, 9.17) is 9.47 Å². The van der Waals surface area contributed by atoms with E-state index in [9.17, 15) is 0 Å². The zero-order valence-corrected chi connectivity index (χ0v) is 10.2. The Balaban J connectivity index is 1.80. The molecule has 2 heteroatoms. The number of hydrogen-bond acceptors (Lipinski definition) is 2. The van der Waals surface area contributed by atoms with Gasteiger partial charge in [0.25, 0.3) is 0 Å². The van der Waals surface area contributed by atoms with Gasteiger partial charge in [-0.25, -0.2) is 0 Å². The summed E-state index contributed by atoms with van der Waals surface area (Å²) >= 11 is 0. The summed E-state index contributed by atoms with van der Waals surface area (Å²) in [6, 6.07) is 18.9. The summed E-state index contributed by atoms with van der Waals surface area (Å²) in [6.45, 7) is 2.05. The van der Waals surface area contributed by atoms with Crippen LogP contribution in [-0.2, 0) is 9.47 Å². The van der Waals surface area contributed by atoms with Gasteiger partial charge >= 0.3 is 0 Å². The van der Waals surface area contributed by atoms with Crippen LogP contribution in [0.15, 0.2) is 54.6 Å². The molecular weight excluding hydrogens is 224 g/mol. The summed E-state index contributed by atoms with van der Waals surface area (Å²) in [5.41, 5.74) is 3.66. The zero-order valence-electron chi connectivity index (χ0n) is 10.2. The molecule has 1 heterocycles. The molecule has 1 unspecified atom stereocenters. The van der Waals surface area contributed by atoms with Gasteiger partial charge in [-0.1, -0.05) is 54.6 Å². The first-order valence-corrected chi connectivity index (χ1v) is 6.28. The van der Waals surface area contributed by atoms with Crippen molar-refractivity contribution in [3.8, 4) is 11.1 Å². The summed E-state index contributed by atoms with van der Waals surface area (Å²) in [5.74, 6) is 0. The summed E-state index contributed by atoms with van der Waals surface area (Å²) in [6.07, 6.45) is 0.0866. The molecule has 2 aromatic rings. The summed E-state index contributed by atoms with van der Waals surface area (Å²) in [7, 11) is 0. The maximum Gasteiger partial charge on any atom is 0.106 e. The van der Waals surface area contributed by atoms with Gasteiger partial charge in [-0.05, 0) is 16.7 Å². The van der Waals surface area contributed by atoms with Gasteiger partial charge in [-0.3, -0.25) is 0 Å². The maximum atomic E-state index is 5.68. The average molecular weight is 240 g/mol. The molecule has 0 radical (unpaired) electrons. The maximum absolute atomic E-state index is 5.68. The Bertz CT molecular complexity index is 484. The average Bonchev–Trinajstić information content (AvgIpc) is 2.49. The molecule has 2 nitrogen and oxygen atoms in total. The zero-order chi connectivity index (χ0) is 12.2.